The van der Waals surface area contributed by atoms with Gasteiger partial charge in [0.15, 0.2) is 0 Å². The number of phenols is 1. The summed E-state index contributed by atoms with van der Waals surface area (Å²) in [7, 11) is 0. The normalized spacial score (nSPS) is 21.3. The van der Waals surface area contributed by atoms with Gasteiger partial charge in [0.1, 0.15) is 5.75 Å². The van der Waals surface area contributed by atoms with Crippen LogP contribution in [0.25, 0.3) is 0 Å². The summed E-state index contributed by atoms with van der Waals surface area (Å²) in [6, 6.07) is 22.7. The summed E-state index contributed by atoms with van der Waals surface area (Å²) in [6.07, 6.45) is 0.498. The number of nitrogens with one attached hydrogen (secondary N) is 1. The van der Waals surface area contributed by atoms with Crippen molar-refractivity contribution < 1.29 is 14.6 Å². The van der Waals surface area contributed by atoms with E-state index in [0.717, 1.165) is 41.4 Å². The Kier molecular flexibility index (Phi) is 6.64. The number of hydrogen-bond donors (Lipinski definition) is 2. The molecule has 2 N–H and O–H groups in total. The summed E-state index contributed by atoms with van der Waals surface area (Å²) in [6.45, 7) is 0. The average Bonchev–Trinajstić information content (AvgIpc) is 3.65. The molecule has 0 aliphatic carbocycles. The molecule has 4 aromatic carbocycles. The van der Waals surface area contributed by atoms with Crippen LogP contribution in [-0.4, -0.2) is 35.8 Å². The van der Waals surface area contributed by atoms with Crippen molar-refractivity contribution in [1.29, 1.82) is 0 Å². The Morgan fingerprint density at radius 1 is 0.698 bits per heavy atom. The highest BCUT2D eigenvalue weighted by Gasteiger charge is 2.45. The molecule has 4 heterocycles. The molecule has 0 amide bonds. The topological polar surface area (TPSA) is 94.3 Å². The van der Waals surface area contributed by atoms with E-state index in [4.69, 9.17) is 24.7 Å². The number of benzene rings is 4. The molecule has 4 aliphatic rings. The van der Waals surface area contributed by atoms with Crippen LogP contribution in [0.4, 0.5) is 11.4 Å². The van der Waals surface area contributed by atoms with Crippen molar-refractivity contribution in [2.45, 2.75) is 18.7 Å². The lowest BCUT2D eigenvalue weighted by molar-refractivity contribution is 0.154. The first-order valence-electron chi connectivity index (χ1n) is 13.1. The molecule has 0 saturated carbocycles. The van der Waals surface area contributed by atoms with E-state index >= 15 is 0 Å². The first-order chi connectivity index (χ1) is 20.9. The molecular formula is C30H18Br4N6O3. The minimum atomic E-state index is -0.651. The molecule has 9 nitrogen and oxygen atoms in total. The number of fused-ring (bicyclic) bond motifs is 6. The van der Waals surface area contributed by atoms with Crippen molar-refractivity contribution in [3.05, 3.63) is 119 Å². The van der Waals surface area contributed by atoms with Crippen molar-refractivity contribution in [3.63, 3.8) is 0 Å². The summed E-state index contributed by atoms with van der Waals surface area (Å²) >= 11 is 14.8. The van der Waals surface area contributed by atoms with Crippen molar-refractivity contribution in [2.75, 3.05) is 10.0 Å². The second-order valence-corrected chi connectivity index (χ2v) is 13.4. The molecule has 0 bridgehead atoms. The van der Waals surface area contributed by atoms with Crippen molar-refractivity contribution >= 4 is 93.1 Å². The number of nitrogens with zero attached hydrogens (tertiary/aromatic N) is 5. The minimum absolute atomic E-state index is 0.0839. The van der Waals surface area contributed by atoms with Crippen LogP contribution in [0, 0.1) is 0 Å². The average molecular weight is 830 g/mol. The molecule has 0 spiro atoms. The van der Waals surface area contributed by atoms with Crippen LogP contribution in [0.15, 0.2) is 106 Å². The molecule has 4 aromatic rings. The van der Waals surface area contributed by atoms with Crippen molar-refractivity contribution in [1.82, 2.24) is 5.32 Å². The predicted octanol–water partition coefficient (Wildman–Crippen LogP) is 7.53. The van der Waals surface area contributed by atoms with Gasteiger partial charge in [0.05, 0.1) is 21.9 Å². The zero-order valence-corrected chi connectivity index (χ0v) is 28.1. The van der Waals surface area contributed by atoms with E-state index in [1.807, 2.05) is 72.8 Å². The van der Waals surface area contributed by atoms with E-state index in [1.54, 1.807) is 16.2 Å². The number of hydrogen-bond acceptors (Lipinski definition) is 9. The van der Waals surface area contributed by atoms with Crippen LogP contribution in [0.5, 0.6) is 5.75 Å². The Morgan fingerprint density at radius 2 is 1.30 bits per heavy atom. The smallest absolute Gasteiger partial charge is 0.291 e. The summed E-state index contributed by atoms with van der Waals surface area (Å²) in [5.41, 5.74) is 5.43. The summed E-state index contributed by atoms with van der Waals surface area (Å²) in [5, 5.41) is 28.3. The molecule has 4 aliphatic heterocycles. The van der Waals surface area contributed by atoms with Gasteiger partial charge in [-0.15, -0.1) is 10.2 Å². The molecule has 214 valence electrons. The van der Waals surface area contributed by atoms with E-state index < -0.39 is 18.7 Å². The molecule has 13 heteroatoms. The standard InChI is InChI=1S/C30H18Br4N6O3/c31-17-11-18(32)24-16(13-35-29-39(24)37-27(42-29)14-7-3-1-4-8-14)21(17)23-22-25(19(33)12-20(34)26(22)41)40-30(36-23)43-28(38-40)15-9-5-2-6-10-15/h1-13,23,29-30,36,41H. The highest BCUT2D eigenvalue weighted by molar-refractivity contribution is 9.11. The van der Waals surface area contributed by atoms with E-state index in [0.29, 0.717) is 27.5 Å². The Balaban J connectivity index is 1.28. The van der Waals surface area contributed by atoms with E-state index in [2.05, 4.69) is 69.0 Å². The SMILES string of the molecule is Oc1c(Br)cc(Br)c2c1C(c1c(Br)cc(Br)c3c1C=NC1OC(c4ccccc4)=NN31)NC1OC(c3ccccc3)=NN21. The third kappa shape index (κ3) is 4.35. The van der Waals surface area contributed by atoms with E-state index in [1.165, 1.54) is 0 Å². The number of anilines is 2. The highest BCUT2D eigenvalue weighted by Crippen LogP contribution is 2.53. The Labute approximate surface area is 279 Å². The van der Waals surface area contributed by atoms with Gasteiger partial charge < -0.3 is 14.6 Å². The van der Waals surface area contributed by atoms with Gasteiger partial charge in [-0.1, -0.05) is 52.3 Å². The van der Waals surface area contributed by atoms with Gasteiger partial charge in [0, 0.05) is 41.9 Å². The predicted molar refractivity (Wildman–Crippen MR) is 179 cm³/mol. The van der Waals surface area contributed by atoms with Gasteiger partial charge in [-0.25, -0.2) is 15.0 Å². The molecule has 43 heavy (non-hydrogen) atoms. The maximum Gasteiger partial charge on any atom is 0.291 e. The second kappa shape index (κ2) is 10.4. The van der Waals surface area contributed by atoms with Gasteiger partial charge in [-0.3, -0.25) is 5.32 Å². The highest BCUT2D eigenvalue weighted by atomic mass is 79.9. The van der Waals surface area contributed by atoms with Crippen LogP contribution >= 0.6 is 63.7 Å². The monoisotopic (exact) mass is 826 g/mol. The van der Waals surface area contributed by atoms with Crippen molar-refractivity contribution in [3.8, 4) is 5.75 Å². The maximum atomic E-state index is 11.5. The fourth-order valence-corrected chi connectivity index (χ4v) is 8.58. The van der Waals surface area contributed by atoms with Crippen molar-refractivity contribution in [2.24, 2.45) is 15.2 Å². The molecular weight excluding hydrogens is 812 g/mol. The number of aromatic hydroxyl groups is 1. The zero-order valence-electron chi connectivity index (χ0n) is 21.7. The van der Waals surface area contributed by atoms with Gasteiger partial charge in [-0.05, 0) is 89.8 Å². The minimum Gasteiger partial charge on any atom is -0.506 e. The molecule has 0 radical (unpaired) electrons. The third-order valence-corrected chi connectivity index (χ3v) is 9.95. The molecule has 3 atom stereocenters. The first-order valence-corrected chi connectivity index (χ1v) is 16.3. The van der Waals surface area contributed by atoms with Gasteiger partial charge in [0.2, 0.25) is 11.8 Å². The molecule has 8 rings (SSSR count). The van der Waals surface area contributed by atoms with Gasteiger partial charge in [0.25, 0.3) is 12.7 Å². The van der Waals surface area contributed by atoms with Gasteiger partial charge >= 0.3 is 0 Å². The molecule has 3 unspecified atom stereocenters. The Morgan fingerprint density at radius 3 is 2.00 bits per heavy atom. The number of hydrazone groups is 2. The third-order valence-electron chi connectivity index (χ3n) is 7.48. The van der Waals surface area contributed by atoms with Crippen LogP contribution in [-0.2, 0) is 9.47 Å². The summed E-state index contributed by atoms with van der Waals surface area (Å²) in [5.74, 6) is 1.04. The van der Waals surface area contributed by atoms with E-state index in [9.17, 15) is 5.11 Å². The zero-order chi connectivity index (χ0) is 29.4. The fraction of sp³-hybridized carbons (Fsp3) is 0.100. The summed E-state index contributed by atoms with van der Waals surface area (Å²) < 4.78 is 15.4. The lowest BCUT2D eigenvalue weighted by Gasteiger charge is -2.38. The second-order valence-electron chi connectivity index (χ2n) is 9.99. The largest absolute Gasteiger partial charge is 0.506 e. The number of ether oxygens (including phenoxy) is 2. The van der Waals surface area contributed by atoms with Crippen LogP contribution in [0.3, 0.4) is 0 Å². The molecule has 0 fully saturated rings. The van der Waals surface area contributed by atoms with Crippen LogP contribution in [0.1, 0.15) is 33.9 Å². The lowest BCUT2D eigenvalue weighted by atomic mass is 9.90. The quantitative estimate of drug-likeness (QED) is 0.222. The fourth-order valence-electron chi connectivity index (χ4n) is 5.60. The van der Waals surface area contributed by atoms with Gasteiger partial charge in [-0.2, -0.15) is 0 Å². The summed E-state index contributed by atoms with van der Waals surface area (Å²) in [4.78, 5) is 4.73. The molecule has 0 aromatic heterocycles. The molecule has 0 saturated heterocycles. The first kappa shape index (κ1) is 27.3. The number of phenolic OH excluding ortho intramolecular Hbond substituents is 1. The van der Waals surface area contributed by atoms with Crippen LogP contribution < -0.4 is 15.3 Å². The lowest BCUT2D eigenvalue weighted by Crippen LogP contribution is -2.49. The number of rotatable bonds is 3. The number of aliphatic imine (C=N–C) groups is 1. The number of halogens is 4. The Hall–Kier alpha value is -3.23. The Bertz CT molecular complexity index is 1900. The van der Waals surface area contributed by atoms with Crippen LogP contribution in [0.2, 0.25) is 0 Å². The maximum absolute atomic E-state index is 11.5. The van der Waals surface area contributed by atoms with E-state index in [-0.39, 0.29) is 5.75 Å².